The molecule has 0 spiro atoms. The monoisotopic (exact) mass is 318 g/mol. The normalized spacial score (nSPS) is 13.2. The number of aromatic hydroxyl groups is 1. The van der Waals surface area contributed by atoms with Crippen LogP contribution in [0, 0.1) is 10.1 Å². The SMILES string of the molecule is CC(C)(O)C(C)(C)NS(=O)(=O)c1ccc(O)c([N+](=O)[O-])c1. The van der Waals surface area contributed by atoms with Gasteiger partial charge in [0.05, 0.1) is 21.0 Å². The fourth-order valence-corrected chi connectivity index (χ4v) is 2.89. The van der Waals surface area contributed by atoms with Crippen molar-refractivity contribution in [2.75, 3.05) is 0 Å². The maximum absolute atomic E-state index is 12.3. The lowest BCUT2D eigenvalue weighted by Gasteiger charge is -2.37. The lowest BCUT2D eigenvalue weighted by atomic mass is 9.87. The molecule has 0 bridgehead atoms. The van der Waals surface area contributed by atoms with Gasteiger partial charge >= 0.3 is 5.69 Å². The average Bonchev–Trinajstić information content (AvgIpc) is 2.25. The summed E-state index contributed by atoms with van der Waals surface area (Å²) in [5.41, 5.74) is -3.28. The third kappa shape index (κ3) is 3.69. The van der Waals surface area contributed by atoms with E-state index in [1.807, 2.05) is 0 Å². The van der Waals surface area contributed by atoms with Gasteiger partial charge < -0.3 is 10.2 Å². The van der Waals surface area contributed by atoms with Crippen LogP contribution < -0.4 is 4.72 Å². The molecule has 0 heterocycles. The molecule has 0 amide bonds. The summed E-state index contributed by atoms with van der Waals surface area (Å²) >= 11 is 0. The minimum atomic E-state index is -4.10. The molecule has 0 aliphatic heterocycles. The predicted molar refractivity (Wildman–Crippen MR) is 75.5 cm³/mol. The Morgan fingerprint density at radius 2 is 1.76 bits per heavy atom. The fraction of sp³-hybridized carbons (Fsp3) is 0.500. The third-order valence-electron chi connectivity index (χ3n) is 3.37. The van der Waals surface area contributed by atoms with Gasteiger partial charge in [0.1, 0.15) is 0 Å². The van der Waals surface area contributed by atoms with Crippen LogP contribution in [0.4, 0.5) is 5.69 Å². The van der Waals surface area contributed by atoms with Crippen molar-refractivity contribution < 1.29 is 23.6 Å². The summed E-state index contributed by atoms with van der Waals surface area (Å²) in [6.45, 7) is 5.85. The van der Waals surface area contributed by atoms with E-state index in [-0.39, 0.29) is 4.90 Å². The number of hydrogen-bond acceptors (Lipinski definition) is 6. The Morgan fingerprint density at radius 1 is 1.24 bits per heavy atom. The first-order valence-electron chi connectivity index (χ1n) is 6.02. The number of benzene rings is 1. The van der Waals surface area contributed by atoms with Crippen LogP contribution >= 0.6 is 0 Å². The minimum Gasteiger partial charge on any atom is -0.502 e. The number of phenolic OH excluding ortho intramolecular Hbond substituents is 1. The van der Waals surface area contributed by atoms with Crippen LogP contribution in [0.1, 0.15) is 27.7 Å². The van der Waals surface area contributed by atoms with Crippen LogP contribution in [0.2, 0.25) is 0 Å². The van der Waals surface area contributed by atoms with Gasteiger partial charge in [0, 0.05) is 6.07 Å². The van der Waals surface area contributed by atoms with Gasteiger partial charge in [-0.25, -0.2) is 13.1 Å². The highest BCUT2D eigenvalue weighted by atomic mass is 32.2. The van der Waals surface area contributed by atoms with Crippen molar-refractivity contribution in [3.63, 3.8) is 0 Å². The molecule has 0 atom stereocenters. The number of nitro benzene ring substituents is 1. The van der Waals surface area contributed by atoms with E-state index in [2.05, 4.69) is 4.72 Å². The molecule has 0 saturated carbocycles. The smallest absolute Gasteiger partial charge is 0.312 e. The molecule has 9 heteroatoms. The molecule has 8 nitrogen and oxygen atoms in total. The summed E-state index contributed by atoms with van der Waals surface area (Å²) in [5.74, 6) is -0.624. The largest absolute Gasteiger partial charge is 0.502 e. The summed E-state index contributed by atoms with van der Waals surface area (Å²) in [6, 6.07) is 2.74. The Balaban J connectivity index is 3.27. The zero-order chi connectivity index (χ0) is 16.6. The van der Waals surface area contributed by atoms with Crippen LogP contribution in [0.5, 0.6) is 5.75 Å². The number of nitro groups is 1. The van der Waals surface area contributed by atoms with Gasteiger partial charge in [0.25, 0.3) is 0 Å². The van der Waals surface area contributed by atoms with Crippen molar-refractivity contribution in [1.82, 2.24) is 4.72 Å². The molecule has 21 heavy (non-hydrogen) atoms. The van der Waals surface area contributed by atoms with E-state index in [4.69, 9.17) is 0 Å². The molecule has 0 fully saturated rings. The first kappa shape index (κ1) is 17.3. The quantitative estimate of drug-likeness (QED) is 0.551. The van der Waals surface area contributed by atoms with Gasteiger partial charge in [-0.05, 0) is 39.8 Å². The standard InChI is InChI=1S/C12H18N2O6S/c1-11(2,12(3,4)16)13-21(19,20)8-5-6-10(15)9(7-8)14(17)18/h5-7,13,15-16H,1-4H3. The van der Waals surface area contributed by atoms with E-state index in [0.29, 0.717) is 0 Å². The highest BCUT2D eigenvalue weighted by Crippen LogP contribution is 2.29. The van der Waals surface area contributed by atoms with E-state index in [1.165, 1.54) is 27.7 Å². The van der Waals surface area contributed by atoms with Crippen molar-refractivity contribution in [2.45, 2.75) is 43.7 Å². The molecule has 0 unspecified atom stereocenters. The van der Waals surface area contributed by atoms with Crippen molar-refractivity contribution in [3.8, 4) is 5.75 Å². The highest BCUT2D eigenvalue weighted by Gasteiger charge is 2.39. The maximum atomic E-state index is 12.3. The molecule has 1 aromatic rings. The van der Waals surface area contributed by atoms with Crippen LogP contribution in [0.3, 0.4) is 0 Å². The molecule has 3 N–H and O–H groups in total. The van der Waals surface area contributed by atoms with E-state index >= 15 is 0 Å². The van der Waals surface area contributed by atoms with Crippen LogP contribution in [-0.2, 0) is 10.0 Å². The number of phenols is 1. The zero-order valence-corrected chi connectivity index (χ0v) is 12.9. The number of nitrogens with zero attached hydrogens (tertiary/aromatic N) is 1. The first-order valence-corrected chi connectivity index (χ1v) is 7.50. The molecule has 0 aliphatic carbocycles. The molecule has 0 aromatic heterocycles. The number of nitrogens with one attached hydrogen (secondary N) is 1. The maximum Gasteiger partial charge on any atom is 0.312 e. The second kappa shape index (κ2) is 5.24. The van der Waals surface area contributed by atoms with Crippen LogP contribution in [0.25, 0.3) is 0 Å². The second-order valence-corrected chi connectivity index (χ2v) is 7.38. The fourth-order valence-electron chi connectivity index (χ4n) is 1.34. The van der Waals surface area contributed by atoms with Gasteiger partial charge in [-0.15, -0.1) is 0 Å². The summed E-state index contributed by atoms with van der Waals surface area (Å²) in [4.78, 5) is 9.49. The van der Waals surface area contributed by atoms with Gasteiger partial charge in [-0.3, -0.25) is 10.1 Å². The van der Waals surface area contributed by atoms with Gasteiger partial charge in [0.15, 0.2) is 5.75 Å². The van der Waals surface area contributed by atoms with E-state index in [9.17, 15) is 28.7 Å². The van der Waals surface area contributed by atoms with Gasteiger partial charge in [-0.2, -0.15) is 0 Å². The van der Waals surface area contributed by atoms with E-state index < -0.39 is 37.5 Å². The van der Waals surface area contributed by atoms with Crippen molar-refractivity contribution in [2.24, 2.45) is 0 Å². The minimum absolute atomic E-state index is 0.371. The number of hydrogen-bond donors (Lipinski definition) is 3. The Morgan fingerprint density at radius 3 is 2.19 bits per heavy atom. The average molecular weight is 318 g/mol. The molecule has 118 valence electrons. The molecule has 1 rings (SSSR count). The van der Waals surface area contributed by atoms with Crippen molar-refractivity contribution >= 4 is 15.7 Å². The Hall–Kier alpha value is -1.71. The Kier molecular flexibility index (Phi) is 4.33. The molecule has 0 aliphatic rings. The molecule has 1 aromatic carbocycles. The topological polar surface area (TPSA) is 130 Å². The zero-order valence-electron chi connectivity index (χ0n) is 12.1. The summed E-state index contributed by atoms with van der Waals surface area (Å²) in [6.07, 6.45) is 0. The second-order valence-electron chi connectivity index (χ2n) is 5.70. The predicted octanol–water partition coefficient (Wildman–Crippen LogP) is 1.13. The summed E-state index contributed by atoms with van der Waals surface area (Å²) in [7, 11) is -4.10. The third-order valence-corrected chi connectivity index (χ3v) is 5.03. The molecule has 0 saturated heterocycles. The Bertz CT molecular complexity index is 661. The first-order chi connectivity index (χ1) is 9.28. The Labute approximate surface area is 122 Å². The van der Waals surface area contributed by atoms with Crippen LogP contribution in [0.15, 0.2) is 23.1 Å². The number of sulfonamides is 1. The number of aliphatic hydroxyl groups is 1. The van der Waals surface area contributed by atoms with E-state index in [0.717, 1.165) is 18.2 Å². The van der Waals surface area contributed by atoms with Crippen molar-refractivity contribution in [1.29, 1.82) is 0 Å². The lowest BCUT2D eigenvalue weighted by molar-refractivity contribution is -0.386. The van der Waals surface area contributed by atoms with Gasteiger partial charge in [0.2, 0.25) is 10.0 Å². The van der Waals surface area contributed by atoms with E-state index in [1.54, 1.807) is 0 Å². The molecular formula is C12H18N2O6S. The number of rotatable bonds is 5. The molecule has 0 radical (unpaired) electrons. The molecular weight excluding hydrogens is 300 g/mol. The summed E-state index contributed by atoms with van der Waals surface area (Å²) in [5, 5.41) is 30.0. The van der Waals surface area contributed by atoms with Gasteiger partial charge in [-0.1, -0.05) is 0 Å². The van der Waals surface area contributed by atoms with Crippen LogP contribution in [-0.4, -0.2) is 34.7 Å². The van der Waals surface area contributed by atoms with Crippen molar-refractivity contribution in [3.05, 3.63) is 28.3 Å². The lowest BCUT2D eigenvalue weighted by Crippen LogP contribution is -2.57. The summed E-state index contributed by atoms with van der Waals surface area (Å²) < 4.78 is 26.8. The highest BCUT2D eigenvalue weighted by molar-refractivity contribution is 7.89.